The second-order valence-electron chi connectivity index (χ2n) is 4.70. The Morgan fingerprint density at radius 2 is 2.15 bits per heavy atom. The Morgan fingerprint density at radius 3 is 2.65 bits per heavy atom. The predicted molar refractivity (Wildman–Crippen MR) is 75.3 cm³/mol. The van der Waals surface area contributed by atoms with Crippen LogP contribution in [0.25, 0.3) is 0 Å². The highest BCUT2D eigenvalue weighted by Gasteiger charge is 2.20. The Hall–Kier alpha value is -2.11. The SMILES string of the molecule is CCN(C(=O)NCc1ccc(C)nc1)C(C)CC(=O)O. The van der Waals surface area contributed by atoms with Crippen LogP contribution in [0.2, 0.25) is 0 Å². The van der Waals surface area contributed by atoms with E-state index < -0.39 is 5.97 Å². The maximum absolute atomic E-state index is 12.0. The summed E-state index contributed by atoms with van der Waals surface area (Å²) in [6.07, 6.45) is 1.65. The fourth-order valence-corrected chi connectivity index (χ4v) is 1.90. The third kappa shape index (κ3) is 4.87. The fraction of sp³-hybridized carbons (Fsp3) is 0.500. The molecule has 0 spiro atoms. The molecule has 20 heavy (non-hydrogen) atoms. The van der Waals surface area contributed by atoms with Gasteiger partial charge in [0.05, 0.1) is 6.42 Å². The normalized spacial score (nSPS) is 11.8. The molecular formula is C14H21N3O3. The van der Waals surface area contributed by atoms with Gasteiger partial charge in [0.2, 0.25) is 0 Å². The lowest BCUT2D eigenvalue weighted by Crippen LogP contribution is -2.45. The number of aromatic nitrogens is 1. The standard InChI is InChI=1S/C14H21N3O3/c1-4-17(11(3)7-13(18)19)14(20)16-9-12-6-5-10(2)15-8-12/h5-6,8,11H,4,7,9H2,1-3H3,(H,16,20)(H,18,19). The van der Waals surface area contributed by atoms with E-state index in [1.54, 1.807) is 13.1 Å². The third-order valence-corrected chi connectivity index (χ3v) is 3.02. The molecule has 0 radical (unpaired) electrons. The molecule has 1 rings (SSSR count). The summed E-state index contributed by atoms with van der Waals surface area (Å²) in [6, 6.07) is 3.18. The van der Waals surface area contributed by atoms with Gasteiger partial charge in [0, 0.05) is 31.0 Å². The van der Waals surface area contributed by atoms with E-state index in [1.165, 1.54) is 4.90 Å². The van der Waals surface area contributed by atoms with Gasteiger partial charge in [-0.1, -0.05) is 6.07 Å². The number of hydrogen-bond acceptors (Lipinski definition) is 3. The Morgan fingerprint density at radius 1 is 1.45 bits per heavy atom. The molecule has 6 heteroatoms. The van der Waals surface area contributed by atoms with E-state index >= 15 is 0 Å². The molecule has 1 aromatic rings. The summed E-state index contributed by atoms with van der Waals surface area (Å²) in [5, 5.41) is 11.6. The van der Waals surface area contributed by atoms with Crippen LogP contribution in [-0.2, 0) is 11.3 Å². The van der Waals surface area contributed by atoms with Gasteiger partial charge in [-0.15, -0.1) is 0 Å². The average Bonchev–Trinajstić information content (AvgIpc) is 2.38. The zero-order valence-corrected chi connectivity index (χ0v) is 12.1. The largest absolute Gasteiger partial charge is 0.481 e. The van der Waals surface area contributed by atoms with E-state index in [4.69, 9.17) is 5.11 Å². The van der Waals surface area contributed by atoms with Crippen LogP contribution < -0.4 is 5.32 Å². The van der Waals surface area contributed by atoms with Gasteiger partial charge >= 0.3 is 12.0 Å². The van der Waals surface area contributed by atoms with E-state index in [9.17, 15) is 9.59 Å². The number of pyridine rings is 1. The molecule has 2 N–H and O–H groups in total. The molecule has 110 valence electrons. The van der Waals surface area contributed by atoms with Crippen molar-refractivity contribution in [3.05, 3.63) is 29.6 Å². The molecule has 0 aliphatic carbocycles. The van der Waals surface area contributed by atoms with Crippen molar-refractivity contribution in [2.24, 2.45) is 0 Å². The molecule has 0 fully saturated rings. The topological polar surface area (TPSA) is 82.5 Å². The first-order valence-corrected chi connectivity index (χ1v) is 6.61. The monoisotopic (exact) mass is 279 g/mol. The molecule has 1 atom stereocenters. The van der Waals surface area contributed by atoms with Crippen LogP contribution in [-0.4, -0.2) is 39.6 Å². The number of carbonyl (C=O) groups is 2. The van der Waals surface area contributed by atoms with Crippen molar-refractivity contribution in [1.29, 1.82) is 0 Å². The molecule has 1 aromatic heterocycles. The van der Waals surface area contributed by atoms with Gasteiger partial charge in [-0.3, -0.25) is 9.78 Å². The summed E-state index contributed by atoms with van der Waals surface area (Å²) in [7, 11) is 0. The lowest BCUT2D eigenvalue weighted by atomic mass is 10.2. The Kier molecular flexibility index (Phi) is 5.96. The second kappa shape index (κ2) is 7.47. The maximum Gasteiger partial charge on any atom is 0.317 e. The Bertz CT molecular complexity index is 459. The fourth-order valence-electron chi connectivity index (χ4n) is 1.90. The lowest BCUT2D eigenvalue weighted by molar-refractivity contribution is -0.138. The summed E-state index contributed by atoms with van der Waals surface area (Å²) in [5.41, 5.74) is 1.83. The number of carboxylic acids is 1. The van der Waals surface area contributed by atoms with Gasteiger partial charge < -0.3 is 15.3 Å². The predicted octanol–water partition coefficient (Wildman–Crippen LogP) is 1.78. The number of rotatable bonds is 6. The summed E-state index contributed by atoms with van der Waals surface area (Å²) < 4.78 is 0. The van der Waals surface area contributed by atoms with Crippen molar-refractivity contribution in [3.8, 4) is 0 Å². The quantitative estimate of drug-likeness (QED) is 0.831. The minimum atomic E-state index is -0.911. The summed E-state index contributed by atoms with van der Waals surface area (Å²) >= 11 is 0. The summed E-state index contributed by atoms with van der Waals surface area (Å²) in [6.45, 7) is 6.29. The van der Waals surface area contributed by atoms with Crippen LogP contribution in [0, 0.1) is 6.92 Å². The number of amides is 2. The molecule has 6 nitrogen and oxygen atoms in total. The highest BCUT2D eigenvalue weighted by molar-refractivity contribution is 5.75. The van der Waals surface area contributed by atoms with Gasteiger partial charge in [-0.25, -0.2) is 4.79 Å². The highest BCUT2D eigenvalue weighted by atomic mass is 16.4. The van der Waals surface area contributed by atoms with E-state index in [1.807, 2.05) is 26.0 Å². The van der Waals surface area contributed by atoms with Gasteiger partial charge in [0.1, 0.15) is 0 Å². The van der Waals surface area contributed by atoms with Crippen LogP contribution in [0.15, 0.2) is 18.3 Å². The third-order valence-electron chi connectivity index (χ3n) is 3.02. The maximum atomic E-state index is 12.0. The first-order valence-electron chi connectivity index (χ1n) is 6.61. The van der Waals surface area contributed by atoms with Gasteiger partial charge in [0.25, 0.3) is 0 Å². The number of carbonyl (C=O) groups excluding carboxylic acids is 1. The minimum Gasteiger partial charge on any atom is -0.481 e. The van der Waals surface area contributed by atoms with Crippen LogP contribution in [0.5, 0.6) is 0 Å². The molecule has 1 unspecified atom stereocenters. The Labute approximate surface area is 118 Å². The van der Waals surface area contributed by atoms with E-state index in [0.717, 1.165) is 11.3 Å². The van der Waals surface area contributed by atoms with Gasteiger partial charge in [-0.2, -0.15) is 0 Å². The smallest absolute Gasteiger partial charge is 0.317 e. The summed E-state index contributed by atoms with van der Waals surface area (Å²) in [5.74, 6) is -0.911. The van der Waals surface area contributed by atoms with Crippen LogP contribution in [0.1, 0.15) is 31.5 Å². The molecule has 2 amide bonds. The molecule has 0 aromatic carbocycles. The molecular weight excluding hydrogens is 258 g/mol. The molecule has 0 bridgehead atoms. The number of carboxylic acid groups (broad SMARTS) is 1. The van der Waals surface area contributed by atoms with E-state index in [2.05, 4.69) is 10.3 Å². The zero-order valence-electron chi connectivity index (χ0n) is 12.1. The van der Waals surface area contributed by atoms with Crippen molar-refractivity contribution in [3.63, 3.8) is 0 Å². The van der Waals surface area contributed by atoms with Crippen molar-refractivity contribution < 1.29 is 14.7 Å². The van der Waals surface area contributed by atoms with Crippen LogP contribution in [0.3, 0.4) is 0 Å². The molecule has 0 aliphatic heterocycles. The number of nitrogens with one attached hydrogen (secondary N) is 1. The second-order valence-corrected chi connectivity index (χ2v) is 4.70. The number of aryl methyl sites for hydroxylation is 1. The number of aliphatic carboxylic acids is 1. The van der Waals surface area contributed by atoms with Crippen molar-refractivity contribution >= 4 is 12.0 Å². The molecule has 0 saturated carbocycles. The van der Waals surface area contributed by atoms with Crippen LogP contribution >= 0.6 is 0 Å². The average molecular weight is 279 g/mol. The number of nitrogens with zero attached hydrogens (tertiary/aromatic N) is 2. The van der Waals surface area contributed by atoms with E-state index in [0.29, 0.717) is 13.1 Å². The Balaban J connectivity index is 2.54. The lowest BCUT2D eigenvalue weighted by Gasteiger charge is -2.27. The first kappa shape index (κ1) is 15.9. The van der Waals surface area contributed by atoms with Crippen molar-refractivity contribution in [2.45, 2.75) is 39.8 Å². The molecule has 0 aliphatic rings. The molecule has 0 saturated heterocycles. The van der Waals surface area contributed by atoms with Crippen LogP contribution in [0.4, 0.5) is 4.79 Å². The first-order chi connectivity index (χ1) is 9.43. The van der Waals surface area contributed by atoms with Gasteiger partial charge in [-0.05, 0) is 32.4 Å². The highest BCUT2D eigenvalue weighted by Crippen LogP contribution is 2.05. The van der Waals surface area contributed by atoms with Crippen molar-refractivity contribution in [1.82, 2.24) is 15.2 Å². The minimum absolute atomic E-state index is 0.0622. The summed E-state index contributed by atoms with van der Waals surface area (Å²) in [4.78, 5) is 28.4. The van der Waals surface area contributed by atoms with E-state index in [-0.39, 0.29) is 18.5 Å². The van der Waals surface area contributed by atoms with Gasteiger partial charge in [0.15, 0.2) is 0 Å². The zero-order chi connectivity index (χ0) is 15.1. The van der Waals surface area contributed by atoms with Crippen molar-refractivity contribution in [2.75, 3.05) is 6.54 Å². The number of urea groups is 1. The number of hydrogen-bond donors (Lipinski definition) is 2. The molecule has 1 heterocycles.